The third kappa shape index (κ3) is 2.84. The first-order chi connectivity index (χ1) is 10.3. The van der Waals surface area contributed by atoms with E-state index in [-0.39, 0.29) is 0 Å². The molecule has 0 N–H and O–H groups in total. The number of likely N-dealkylation sites (tertiary alicyclic amines) is 1. The molecule has 0 radical (unpaired) electrons. The van der Waals surface area contributed by atoms with Crippen molar-refractivity contribution in [3.05, 3.63) is 53.6 Å². The normalized spacial score (nSPS) is 18.8. The summed E-state index contributed by atoms with van der Waals surface area (Å²) in [7, 11) is 0. The number of rotatable bonds is 4. The van der Waals surface area contributed by atoms with Crippen molar-refractivity contribution in [2.45, 2.75) is 38.9 Å². The first kappa shape index (κ1) is 13.8. The summed E-state index contributed by atoms with van der Waals surface area (Å²) in [5.41, 5.74) is 3.13. The predicted octanol–water partition coefficient (Wildman–Crippen LogP) is 3.11. The Morgan fingerprint density at radius 3 is 3.00 bits per heavy atom. The summed E-state index contributed by atoms with van der Waals surface area (Å²) in [5.74, 6) is 0. The van der Waals surface area contributed by atoms with Gasteiger partial charge in [-0.25, -0.2) is 0 Å². The van der Waals surface area contributed by atoms with Gasteiger partial charge in [0.25, 0.3) is 0 Å². The highest BCUT2D eigenvalue weighted by Gasteiger charge is 2.27. The number of aromatic nitrogens is 2. The molecule has 3 rings (SSSR count). The molecule has 2 aromatic heterocycles. The molecule has 0 unspecified atom stereocenters. The van der Waals surface area contributed by atoms with Crippen LogP contribution in [0.3, 0.4) is 0 Å². The van der Waals surface area contributed by atoms with Crippen molar-refractivity contribution in [1.82, 2.24) is 14.5 Å². The predicted molar refractivity (Wildman–Crippen MR) is 81.4 cm³/mol. The SMILES string of the molecule is CCn1cc(CN2CCC[C@@H]2c2ccccn2)cc1C#N. The maximum absolute atomic E-state index is 9.16. The van der Waals surface area contributed by atoms with E-state index in [2.05, 4.69) is 41.2 Å². The fourth-order valence-corrected chi connectivity index (χ4v) is 3.17. The maximum Gasteiger partial charge on any atom is 0.120 e. The molecule has 1 saturated heterocycles. The van der Waals surface area contributed by atoms with Crippen LogP contribution >= 0.6 is 0 Å². The van der Waals surface area contributed by atoms with Gasteiger partial charge in [-0.3, -0.25) is 9.88 Å². The molecule has 0 spiro atoms. The van der Waals surface area contributed by atoms with Crippen molar-refractivity contribution in [2.75, 3.05) is 6.54 Å². The summed E-state index contributed by atoms with van der Waals surface area (Å²) in [6, 6.07) is 10.8. The topological polar surface area (TPSA) is 44.9 Å². The van der Waals surface area contributed by atoms with Crippen molar-refractivity contribution >= 4 is 0 Å². The Morgan fingerprint density at radius 2 is 2.33 bits per heavy atom. The molecule has 0 bridgehead atoms. The number of nitrogens with zero attached hydrogens (tertiary/aromatic N) is 4. The summed E-state index contributed by atoms with van der Waals surface area (Å²) in [5, 5.41) is 9.16. The van der Waals surface area contributed by atoms with Gasteiger partial charge in [-0.1, -0.05) is 6.07 Å². The zero-order valence-electron chi connectivity index (χ0n) is 12.4. The highest BCUT2D eigenvalue weighted by atomic mass is 15.2. The van der Waals surface area contributed by atoms with Crippen molar-refractivity contribution in [3.8, 4) is 6.07 Å². The molecule has 2 aromatic rings. The van der Waals surface area contributed by atoms with Gasteiger partial charge in [0.1, 0.15) is 11.8 Å². The van der Waals surface area contributed by atoms with E-state index in [0.717, 1.165) is 37.4 Å². The van der Waals surface area contributed by atoms with Gasteiger partial charge in [-0.15, -0.1) is 0 Å². The number of hydrogen-bond acceptors (Lipinski definition) is 3. The summed E-state index contributed by atoms with van der Waals surface area (Å²) in [4.78, 5) is 6.98. The average Bonchev–Trinajstić information content (AvgIpc) is 3.14. The van der Waals surface area contributed by atoms with Crippen LogP contribution in [0.25, 0.3) is 0 Å². The van der Waals surface area contributed by atoms with E-state index in [4.69, 9.17) is 5.26 Å². The van der Waals surface area contributed by atoms with Gasteiger partial charge in [-0.05, 0) is 50.1 Å². The Balaban J connectivity index is 1.78. The van der Waals surface area contributed by atoms with Gasteiger partial charge in [-0.2, -0.15) is 5.26 Å². The first-order valence-corrected chi connectivity index (χ1v) is 7.56. The Hall–Kier alpha value is -2.12. The van der Waals surface area contributed by atoms with E-state index < -0.39 is 0 Å². The van der Waals surface area contributed by atoms with Crippen LogP contribution in [0, 0.1) is 11.3 Å². The minimum absolute atomic E-state index is 0.404. The van der Waals surface area contributed by atoms with E-state index in [9.17, 15) is 0 Å². The van der Waals surface area contributed by atoms with Crippen molar-refractivity contribution in [1.29, 1.82) is 5.26 Å². The second-order valence-corrected chi connectivity index (χ2v) is 5.51. The molecule has 4 nitrogen and oxygen atoms in total. The monoisotopic (exact) mass is 280 g/mol. The molecule has 1 fully saturated rings. The lowest BCUT2D eigenvalue weighted by atomic mass is 10.1. The zero-order valence-corrected chi connectivity index (χ0v) is 12.4. The third-order valence-electron chi connectivity index (χ3n) is 4.19. The maximum atomic E-state index is 9.16. The fourth-order valence-electron chi connectivity index (χ4n) is 3.17. The van der Waals surface area contributed by atoms with Gasteiger partial charge < -0.3 is 4.57 Å². The molecule has 1 atom stereocenters. The largest absolute Gasteiger partial charge is 0.339 e. The van der Waals surface area contributed by atoms with Crippen LogP contribution < -0.4 is 0 Å². The molecule has 21 heavy (non-hydrogen) atoms. The minimum Gasteiger partial charge on any atom is -0.339 e. The lowest BCUT2D eigenvalue weighted by Gasteiger charge is -2.23. The summed E-state index contributed by atoms with van der Waals surface area (Å²) in [6.45, 7) is 4.90. The van der Waals surface area contributed by atoms with Gasteiger partial charge >= 0.3 is 0 Å². The highest BCUT2D eigenvalue weighted by molar-refractivity contribution is 5.29. The Morgan fingerprint density at radius 1 is 1.43 bits per heavy atom. The van der Waals surface area contributed by atoms with Gasteiger partial charge in [0.2, 0.25) is 0 Å². The standard InChI is InChI=1S/C17H20N4/c1-2-20-12-14(10-15(20)11-18)13-21-9-5-7-17(21)16-6-3-4-8-19-16/h3-4,6,8,10,12,17H,2,5,7,9,13H2,1H3/t17-/m1/s1. The van der Waals surface area contributed by atoms with E-state index in [1.807, 2.05) is 22.9 Å². The smallest absolute Gasteiger partial charge is 0.120 e. The molecular formula is C17H20N4. The van der Waals surface area contributed by atoms with Gasteiger partial charge in [0, 0.05) is 25.5 Å². The van der Waals surface area contributed by atoms with Crippen molar-refractivity contribution < 1.29 is 0 Å². The molecule has 0 amide bonds. The quantitative estimate of drug-likeness (QED) is 0.864. The van der Waals surface area contributed by atoms with Crippen LogP contribution in [0.15, 0.2) is 36.7 Å². The third-order valence-corrected chi connectivity index (χ3v) is 4.19. The van der Waals surface area contributed by atoms with E-state index in [1.54, 1.807) is 0 Å². The molecular weight excluding hydrogens is 260 g/mol. The van der Waals surface area contributed by atoms with Crippen LogP contribution in [0.1, 0.15) is 42.8 Å². The van der Waals surface area contributed by atoms with Crippen LogP contribution in [-0.2, 0) is 13.1 Å². The Kier molecular flexibility index (Phi) is 4.03. The minimum atomic E-state index is 0.404. The molecule has 0 aromatic carbocycles. The fraction of sp³-hybridized carbons (Fsp3) is 0.412. The van der Waals surface area contributed by atoms with Crippen LogP contribution in [0.2, 0.25) is 0 Å². The average molecular weight is 280 g/mol. The number of pyridine rings is 1. The number of nitriles is 1. The lowest BCUT2D eigenvalue weighted by Crippen LogP contribution is -2.23. The second-order valence-electron chi connectivity index (χ2n) is 5.51. The molecule has 3 heterocycles. The molecule has 0 saturated carbocycles. The zero-order chi connectivity index (χ0) is 14.7. The second kappa shape index (κ2) is 6.11. The first-order valence-electron chi connectivity index (χ1n) is 7.56. The van der Waals surface area contributed by atoms with E-state index in [0.29, 0.717) is 6.04 Å². The van der Waals surface area contributed by atoms with Crippen LogP contribution in [0.4, 0.5) is 0 Å². The lowest BCUT2D eigenvalue weighted by molar-refractivity contribution is 0.244. The summed E-state index contributed by atoms with van der Waals surface area (Å²) >= 11 is 0. The molecule has 0 aliphatic carbocycles. The number of hydrogen-bond donors (Lipinski definition) is 0. The van der Waals surface area contributed by atoms with Crippen LogP contribution in [-0.4, -0.2) is 21.0 Å². The molecule has 1 aliphatic heterocycles. The molecule has 108 valence electrons. The van der Waals surface area contributed by atoms with E-state index >= 15 is 0 Å². The number of aryl methyl sites for hydroxylation is 1. The van der Waals surface area contributed by atoms with Crippen molar-refractivity contribution in [3.63, 3.8) is 0 Å². The van der Waals surface area contributed by atoms with Crippen molar-refractivity contribution in [2.24, 2.45) is 0 Å². The Labute approximate surface area is 125 Å². The van der Waals surface area contributed by atoms with Gasteiger partial charge in [0.15, 0.2) is 0 Å². The summed E-state index contributed by atoms with van der Waals surface area (Å²) in [6.07, 6.45) is 6.34. The summed E-state index contributed by atoms with van der Waals surface area (Å²) < 4.78 is 2.02. The highest BCUT2D eigenvalue weighted by Crippen LogP contribution is 2.32. The Bertz CT molecular complexity index is 639. The van der Waals surface area contributed by atoms with E-state index in [1.165, 1.54) is 12.0 Å². The molecule has 4 heteroatoms. The molecule has 1 aliphatic rings. The van der Waals surface area contributed by atoms with Gasteiger partial charge in [0.05, 0.1) is 11.7 Å². The van der Waals surface area contributed by atoms with Crippen LogP contribution in [0.5, 0.6) is 0 Å².